The largest absolute Gasteiger partial charge is 0.433 e. The maximum atomic E-state index is 12.4. The number of hydrogen-bond acceptors (Lipinski definition) is 2. The monoisotopic (exact) mass is 302 g/mol. The zero-order chi connectivity index (χ0) is 16.0. The van der Waals surface area contributed by atoms with Crippen molar-refractivity contribution in [2.45, 2.75) is 45.7 Å². The van der Waals surface area contributed by atoms with Crippen LogP contribution in [0.5, 0.6) is 0 Å². The molecule has 0 spiro atoms. The molecule has 3 nitrogen and oxygen atoms in total. The summed E-state index contributed by atoms with van der Waals surface area (Å²) in [5.41, 5.74) is -0.116. The van der Waals surface area contributed by atoms with Gasteiger partial charge >= 0.3 is 6.18 Å². The summed E-state index contributed by atoms with van der Waals surface area (Å²) in [5, 5.41) is 0. The van der Waals surface area contributed by atoms with Gasteiger partial charge in [0.15, 0.2) is 0 Å². The van der Waals surface area contributed by atoms with Crippen molar-refractivity contribution >= 4 is 5.91 Å². The highest BCUT2D eigenvalue weighted by Gasteiger charge is 2.32. The van der Waals surface area contributed by atoms with Crippen LogP contribution < -0.4 is 0 Å². The number of nitrogens with zero attached hydrogens (tertiary/aromatic N) is 2. The average molecular weight is 302 g/mol. The molecule has 0 bridgehead atoms. The minimum absolute atomic E-state index is 0.00423. The Morgan fingerprint density at radius 1 is 1.33 bits per heavy atom. The number of carbonyl (C=O) groups is 1. The Kier molecular flexibility index (Phi) is 6.18. The number of likely N-dealkylation sites (tertiary alicyclic amines) is 1. The summed E-state index contributed by atoms with van der Waals surface area (Å²) in [5.74, 6) is 0.0806. The molecule has 1 aliphatic heterocycles. The van der Waals surface area contributed by atoms with Gasteiger partial charge in [-0.25, -0.2) is 0 Å². The molecule has 2 heterocycles. The smallest absolute Gasteiger partial charge is 0.342 e. The first-order valence-electron chi connectivity index (χ1n) is 7.16. The predicted molar refractivity (Wildman–Crippen MR) is 74.8 cm³/mol. The topological polar surface area (TPSA) is 33.2 Å². The molecule has 1 saturated heterocycles. The molecule has 1 aromatic rings. The third-order valence-corrected chi connectivity index (χ3v) is 3.41. The van der Waals surface area contributed by atoms with Gasteiger partial charge in [-0.15, -0.1) is 0 Å². The van der Waals surface area contributed by atoms with Crippen LogP contribution in [0.15, 0.2) is 18.3 Å². The second kappa shape index (κ2) is 7.43. The minimum Gasteiger partial charge on any atom is -0.342 e. The lowest BCUT2D eigenvalue weighted by Crippen LogP contribution is -2.37. The molecule has 1 atom stereocenters. The van der Waals surface area contributed by atoms with Gasteiger partial charge < -0.3 is 4.90 Å². The van der Waals surface area contributed by atoms with Crippen LogP contribution in [-0.4, -0.2) is 28.9 Å². The van der Waals surface area contributed by atoms with Crippen molar-refractivity contribution in [2.75, 3.05) is 13.1 Å². The summed E-state index contributed by atoms with van der Waals surface area (Å²) in [6.07, 6.45) is -1.39. The molecule has 118 valence electrons. The van der Waals surface area contributed by atoms with E-state index in [0.29, 0.717) is 6.54 Å². The van der Waals surface area contributed by atoms with Crippen molar-refractivity contribution in [2.24, 2.45) is 0 Å². The first kappa shape index (κ1) is 17.5. The van der Waals surface area contributed by atoms with E-state index in [1.165, 1.54) is 19.2 Å². The highest BCUT2D eigenvalue weighted by molar-refractivity contribution is 5.73. The molecule has 21 heavy (non-hydrogen) atoms. The van der Waals surface area contributed by atoms with Crippen molar-refractivity contribution in [1.29, 1.82) is 0 Å². The van der Waals surface area contributed by atoms with E-state index in [2.05, 4.69) is 4.98 Å². The standard InChI is InChI=1S/C13H15F3N2O.C2H6/c1-9(19)18-6-2-3-11(8-18)10-4-5-12(17-7-10)13(14,15)16;1-2/h4-5,7,11H,2-3,6,8H2,1H3;1-2H3. The summed E-state index contributed by atoms with van der Waals surface area (Å²) in [7, 11) is 0. The van der Waals surface area contributed by atoms with Crippen LogP contribution in [0.25, 0.3) is 0 Å². The highest BCUT2D eigenvalue weighted by atomic mass is 19.4. The van der Waals surface area contributed by atoms with Gasteiger partial charge in [0.05, 0.1) is 0 Å². The summed E-state index contributed by atoms with van der Waals surface area (Å²) in [6.45, 7) is 6.79. The van der Waals surface area contributed by atoms with E-state index in [4.69, 9.17) is 0 Å². The maximum absolute atomic E-state index is 12.4. The zero-order valence-electron chi connectivity index (χ0n) is 12.6. The third kappa shape index (κ3) is 4.72. The Hall–Kier alpha value is -1.59. The van der Waals surface area contributed by atoms with E-state index < -0.39 is 11.9 Å². The Morgan fingerprint density at radius 3 is 2.48 bits per heavy atom. The highest BCUT2D eigenvalue weighted by Crippen LogP contribution is 2.30. The summed E-state index contributed by atoms with van der Waals surface area (Å²) >= 11 is 0. The van der Waals surface area contributed by atoms with Crippen LogP contribution >= 0.6 is 0 Å². The van der Waals surface area contributed by atoms with Gasteiger partial charge in [0, 0.05) is 32.1 Å². The number of alkyl halides is 3. The van der Waals surface area contributed by atoms with Gasteiger partial charge in [-0.3, -0.25) is 9.78 Å². The number of carbonyl (C=O) groups excluding carboxylic acids is 1. The van der Waals surface area contributed by atoms with Crippen LogP contribution in [0.2, 0.25) is 0 Å². The number of piperidine rings is 1. The van der Waals surface area contributed by atoms with Crippen molar-refractivity contribution in [1.82, 2.24) is 9.88 Å². The lowest BCUT2D eigenvalue weighted by Gasteiger charge is -2.32. The average Bonchev–Trinajstić information content (AvgIpc) is 2.49. The van der Waals surface area contributed by atoms with Gasteiger partial charge in [-0.2, -0.15) is 13.2 Å². The number of pyridine rings is 1. The van der Waals surface area contributed by atoms with Crippen molar-refractivity contribution in [3.05, 3.63) is 29.6 Å². The van der Waals surface area contributed by atoms with Gasteiger partial charge in [0.2, 0.25) is 5.91 Å². The van der Waals surface area contributed by atoms with E-state index in [0.717, 1.165) is 31.0 Å². The fraction of sp³-hybridized carbons (Fsp3) is 0.600. The Morgan fingerprint density at radius 2 is 2.00 bits per heavy atom. The van der Waals surface area contributed by atoms with Crippen molar-refractivity contribution in [3.8, 4) is 0 Å². The molecule has 6 heteroatoms. The second-order valence-electron chi connectivity index (χ2n) is 4.78. The minimum atomic E-state index is -4.41. The summed E-state index contributed by atoms with van der Waals surface area (Å²) < 4.78 is 37.2. The predicted octanol–water partition coefficient (Wildman–Crippen LogP) is 3.85. The fourth-order valence-corrected chi connectivity index (χ4v) is 2.35. The molecule has 1 amide bonds. The number of amides is 1. The zero-order valence-corrected chi connectivity index (χ0v) is 12.6. The number of aromatic nitrogens is 1. The van der Waals surface area contributed by atoms with E-state index in [1.807, 2.05) is 13.8 Å². The van der Waals surface area contributed by atoms with Gasteiger partial charge in [0.1, 0.15) is 5.69 Å². The van der Waals surface area contributed by atoms with Crippen LogP contribution in [0.1, 0.15) is 50.8 Å². The van der Waals surface area contributed by atoms with Gasteiger partial charge in [-0.05, 0) is 24.5 Å². The van der Waals surface area contributed by atoms with E-state index >= 15 is 0 Å². The molecule has 0 radical (unpaired) electrons. The molecule has 1 unspecified atom stereocenters. The quantitative estimate of drug-likeness (QED) is 0.789. The Bertz CT molecular complexity index is 457. The van der Waals surface area contributed by atoms with Gasteiger partial charge in [0.25, 0.3) is 0 Å². The van der Waals surface area contributed by atoms with E-state index in [-0.39, 0.29) is 11.8 Å². The molecule has 0 aromatic carbocycles. The van der Waals surface area contributed by atoms with Crippen molar-refractivity contribution < 1.29 is 18.0 Å². The first-order valence-corrected chi connectivity index (χ1v) is 7.16. The number of halogens is 3. The SMILES string of the molecule is CC.CC(=O)N1CCCC(c2ccc(C(F)(F)F)nc2)C1. The maximum Gasteiger partial charge on any atom is 0.433 e. The van der Waals surface area contributed by atoms with Crippen LogP contribution in [0, 0.1) is 0 Å². The Balaban J connectivity index is 0.00000106. The first-order chi connectivity index (χ1) is 9.88. The number of hydrogen-bond donors (Lipinski definition) is 0. The summed E-state index contributed by atoms with van der Waals surface area (Å²) in [6, 6.07) is 2.46. The molecule has 0 saturated carbocycles. The van der Waals surface area contributed by atoms with Crippen LogP contribution in [0.4, 0.5) is 13.2 Å². The van der Waals surface area contributed by atoms with E-state index in [1.54, 1.807) is 4.90 Å². The molecular formula is C15H21F3N2O. The molecule has 1 fully saturated rings. The molecule has 1 aromatic heterocycles. The molecule has 0 N–H and O–H groups in total. The van der Waals surface area contributed by atoms with Crippen LogP contribution in [0.3, 0.4) is 0 Å². The number of rotatable bonds is 1. The normalized spacial score (nSPS) is 18.8. The van der Waals surface area contributed by atoms with Crippen LogP contribution in [-0.2, 0) is 11.0 Å². The second-order valence-corrected chi connectivity index (χ2v) is 4.78. The summed E-state index contributed by atoms with van der Waals surface area (Å²) in [4.78, 5) is 16.5. The molecule has 0 aliphatic carbocycles. The Labute approximate surface area is 123 Å². The van der Waals surface area contributed by atoms with Gasteiger partial charge in [-0.1, -0.05) is 19.9 Å². The third-order valence-electron chi connectivity index (χ3n) is 3.41. The molecular weight excluding hydrogens is 281 g/mol. The molecule has 2 rings (SSSR count). The van der Waals surface area contributed by atoms with Crippen molar-refractivity contribution in [3.63, 3.8) is 0 Å². The fourth-order valence-electron chi connectivity index (χ4n) is 2.35. The molecule has 1 aliphatic rings. The lowest BCUT2D eigenvalue weighted by molar-refractivity contribution is -0.141. The lowest BCUT2D eigenvalue weighted by atomic mass is 9.91. The van der Waals surface area contributed by atoms with E-state index in [9.17, 15) is 18.0 Å².